The molecule has 0 bridgehead atoms. The van der Waals surface area contributed by atoms with Gasteiger partial charge in [-0.2, -0.15) is 0 Å². The van der Waals surface area contributed by atoms with E-state index in [2.05, 4.69) is 0 Å². The molecule has 19 heavy (non-hydrogen) atoms. The van der Waals surface area contributed by atoms with Crippen LogP contribution < -0.4 is 5.73 Å². The molecule has 4 heteroatoms. The van der Waals surface area contributed by atoms with E-state index in [1.165, 1.54) is 12.1 Å². The van der Waals surface area contributed by atoms with Gasteiger partial charge in [-0.1, -0.05) is 30.3 Å². The second kappa shape index (κ2) is 5.80. The molecule has 2 nitrogen and oxygen atoms in total. The number of nitrogen functional groups attached to an aromatic ring is 1. The SMILES string of the molecule is CN(Cc1ccccc1F)Cc1cccc(F)c1N. The van der Waals surface area contributed by atoms with Gasteiger partial charge in [-0.15, -0.1) is 0 Å². The van der Waals surface area contributed by atoms with Crippen molar-refractivity contribution in [2.24, 2.45) is 0 Å². The average Bonchev–Trinajstić information content (AvgIpc) is 2.38. The number of nitrogens with two attached hydrogens (primary N) is 1. The Labute approximate surface area is 111 Å². The summed E-state index contributed by atoms with van der Waals surface area (Å²) in [6, 6.07) is 11.3. The summed E-state index contributed by atoms with van der Waals surface area (Å²) in [5.74, 6) is -0.654. The van der Waals surface area contributed by atoms with E-state index in [0.717, 1.165) is 0 Å². The second-order valence-corrected chi connectivity index (χ2v) is 4.58. The van der Waals surface area contributed by atoms with E-state index >= 15 is 0 Å². The summed E-state index contributed by atoms with van der Waals surface area (Å²) < 4.78 is 26.8. The summed E-state index contributed by atoms with van der Waals surface area (Å²) in [5, 5.41) is 0. The van der Waals surface area contributed by atoms with Gasteiger partial charge < -0.3 is 5.73 Å². The van der Waals surface area contributed by atoms with Crippen LogP contribution in [0.5, 0.6) is 0 Å². The van der Waals surface area contributed by atoms with Crippen LogP contribution in [0.3, 0.4) is 0 Å². The van der Waals surface area contributed by atoms with Gasteiger partial charge in [0.15, 0.2) is 0 Å². The molecule has 0 heterocycles. The van der Waals surface area contributed by atoms with Crippen molar-refractivity contribution in [3.63, 3.8) is 0 Å². The lowest BCUT2D eigenvalue weighted by Crippen LogP contribution is -2.19. The summed E-state index contributed by atoms with van der Waals surface area (Å²) in [6.07, 6.45) is 0. The van der Waals surface area contributed by atoms with Crippen molar-refractivity contribution in [1.29, 1.82) is 0 Å². The lowest BCUT2D eigenvalue weighted by molar-refractivity contribution is 0.313. The average molecular weight is 262 g/mol. The van der Waals surface area contributed by atoms with Gasteiger partial charge in [-0.3, -0.25) is 4.90 Å². The van der Waals surface area contributed by atoms with Crippen molar-refractivity contribution in [2.45, 2.75) is 13.1 Å². The lowest BCUT2D eigenvalue weighted by atomic mass is 10.1. The van der Waals surface area contributed by atoms with E-state index < -0.39 is 5.82 Å². The molecular formula is C15H16F2N2. The van der Waals surface area contributed by atoms with Gasteiger partial charge in [0.2, 0.25) is 0 Å². The van der Waals surface area contributed by atoms with Crippen LogP contribution in [0.4, 0.5) is 14.5 Å². The number of para-hydroxylation sites is 1. The topological polar surface area (TPSA) is 29.3 Å². The second-order valence-electron chi connectivity index (χ2n) is 4.58. The van der Waals surface area contributed by atoms with Gasteiger partial charge in [0, 0.05) is 18.7 Å². The first-order valence-electron chi connectivity index (χ1n) is 6.02. The van der Waals surface area contributed by atoms with Crippen molar-refractivity contribution < 1.29 is 8.78 Å². The van der Waals surface area contributed by atoms with Gasteiger partial charge in [0.05, 0.1) is 5.69 Å². The summed E-state index contributed by atoms with van der Waals surface area (Å²) in [6.45, 7) is 0.917. The summed E-state index contributed by atoms with van der Waals surface area (Å²) in [4.78, 5) is 1.89. The Hall–Kier alpha value is -1.94. The summed E-state index contributed by atoms with van der Waals surface area (Å²) in [5.41, 5.74) is 7.15. The summed E-state index contributed by atoms with van der Waals surface area (Å²) >= 11 is 0. The van der Waals surface area contributed by atoms with Gasteiger partial charge >= 0.3 is 0 Å². The van der Waals surface area contributed by atoms with Crippen LogP contribution in [0.15, 0.2) is 42.5 Å². The third-order valence-corrected chi connectivity index (χ3v) is 2.98. The maximum absolute atomic E-state index is 13.5. The van der Waals surface area contributed by atoms with Crippen molar-refractivity contribution >= 4 is 5.69 Å². The maximum atomic E-state index is 13.5. The number of benzene rings is 2. The molecule has 0 aliphatic rings. The first-order chi connectivity index (χ1) is 9.08. The van der Waals surface area contributed by atoms with E-state index in [1.54, 1.807) is 30.3 Å². The highest BCUT2D eigenvalue weighted by Crippen LogP contribution is 2.18. The Morgan fingerprint density at radius 2 is 1.47 bits per heavy atom. The molecule has 2 aromatic rings. The molecule has 0 atom stereocenters. The minimum Gasteiger partial charge on any atom is -0.396 e. The zero-order valence-electron chi connectivity index (χ0n) is 10.7. The minimum atomic E-state index is -0.420. The number of nitrogens with zero attached hydrogens (tertiary/aromatic N) is 1. The smallest absolute Gasteiger partial charge is 0.146 e. The molecule has 0 unspecified atom stereocenters. The number of anilines is 1. The largest absolute Gasteiger partial charge is 0.396 e. The highest BCUT2D eigenvalue weighted by molar-refractivity contribution is 5.47. The highest BCUT2D eigenvalue weighted by atomic mass is 19.1. The van der Waals surface area contributed by atoms with Crippen LogP contribution in [-0.4, -0.2) is 11.9 Å². The third-order valence-electron chi connectivity index (χ3n) is 2.98. The number of hydrogen-bond donors (Lipinski definition) is 1. The Kier molecular flexibility index (Phi) is 4.12. The Morgan fingerprint density at radius 1 is 0.895 bits per heavy atom. The first-order valence-corrected chi connectivity index (χ1v) is 6.02. The number of hydrogen-bond acceptors (Lipinski definition) is 2. The van der Waals surface area contributed by atoms with Crippen LogP contribution in [0.25, 0.3) is 0 Å². The molecule has 2 N–H and O–H groups in total. The first kappa shape index (κ1) is 13.5. The fourth-order valence-corrected chi connectivity index (χ4v) is 1.98. The van der Waals surface area contributed by atoms with Crippen molar-refractivity contribution in [1.82, 2.24) is 4.90 Å². The van der Waals surface area contributed by atoms with Crippen LogP contribution in [0.2, 0.25) is 0 Å². The Balaban J connectivity index is 2.08. The fraction of sp³-hybridized carbons (Fsp3) is 0.200. The minimum absolute atomic E-state index is 0.155. The van der Waals surface area contributed by atoms with Crippen molar-refractivity contribution in [3.05, 3.63) is 65.2 Å². The molecule has 0 aliphatic heterocycles. The summed E-state index contributed by atoms with van der Waals surface area (Å²) in [7, 11) is 1.84. The molecule has 0 fully saturated rings. The van der Waals surface area contributed by atoms with Gasteiger partial charge in [0.25, 0.3) is 0 Å². The van der Waals surface area contributed by atoms with E-state index in [1.807, 2.05) is 11.9 Å². The molecular weight excluding hydrogens is 246 g/mol. The van der Waals surface area contributed by atoms with Crippen LogP contribution >= 0.6 is 0 Å². The van der Waals surface area contributed by atoms with Crippen molar-refractivity contribution in [2.75, 3.05) is 12.8 Å². The van der Waals surface area contributed by atoms with E-state index in [9.17, 15) is 8.78 Å². The zero-order chi connectivity index (χ0) is 13.8. The molecule has 0 aliphatic carbocycles. The predicted octanol–water partition coefficient (Wildman–Crippen LogP) is 3.18. The van der Waals surface area contributed by atoms with Gasteiger partial charge in [-0.25, -0.2) is 8.78 Å². The fourth-order valence-electron chi connectivity index (χ4n) is 1.98. The molecule has 0 radical (unpaired) electrons. The zero-order valence-corrected chi connectivity index (χ0v) is 10.7. The van der Waals surface area contributed by atoms with E-state index in [-0.39, 0.29) is 11.5 Å². The molecule has 2 rings (SSSR count). The van der Waals surface area contributed by atoms with E-state index in [0.29, 0.717) is 24.2 Å². The normalized spacial score (nSPS) is 10.9. The maximum Gasteiger partial charge on any atom is 0.146 e. The molecule has 0 aromatic heterocycles. The molecule has 0 saturated carbocycles. The quantitative estimate of drug-likeness (QED) is 0.857. The monoisotopic (exact) mass is 262 g/mol. The number of halogens is 2. The predicted molar refractivity (Wildman–Crippen MR) is 72.4 cm³/mol. The molecule has 0 saturated heterocycles. The number of rotatable bonds is 4. The van der Waals surface area contributed by atoms with E-state index in [4.69, 9.17) is 5.73 Å². The van der Waals surface area contributed by atoms with Gasteiger partial charge in [0.1, 0.15) is 11.6 Å². The highest BCUT2D eigenvalue weighted by Gasteiger charge is 2.09. The molecule has 0 spiro atoms. The molecule has 0 amide bonds. The standard InChI is InChI=1S/C15H16F2N2/c1-19(9-11-5-2-3-7-13(11)16)10-12-6-4-8-14(17)15(12)18/h2-8H,9-10,18H2,1H3. The van der Waals surface area contributed by atoms with Crippen LogP contribution in [-0.2, 0) is 13.1 Å². The Morgan fingerprint density at radius 3 is 2.21 bits per heavy atom. The van der Waals surface area contributed by atoms with Gasteiger partial charge in [-0.05, 0) is 24.7 Å². The van der Waals surface area contributed by atoms with Crippen molar-refractivity contribution in [3.8, 4) is 0 Å². The lowest BCUT2D eigenvalue weighted by Gasteiger charge is -2.18. The van der Waals surface area contributed by atoms with Crippen LogP contribution in [0, 0.1) is 11.6 Å². The third kappa shape index (κ3) is 3.29. The molecule has 2 aromatic carbocycles. The van der Waals surface area contributed by atoms with Crippen LogP contribution in [0.1, 0.15) is 11.1 Å². The Bertz CT molecular complexity index is 570. The molecule has 100 valence electrons.